The van der Waals surface area contributed by atoms with E-state index in [2.05, 4.69) is 15.7 Å². The maximum absolute atomic E-state index is 6.05. The lowest BCUT2D eigenvalue weighted by Crippen LogP contribution is -1.98. The van der Waals surface area contributed by atoms with Crippen LogP contribution in [-0.4, -0.2) is 21.5 Å². The quantitative estimate of drug-likeness (QED) is 0.764. The fourth-order valence-electron chi connectivity index (χ4n) is 2.41. The van der Waals surface area contributed by atoms with Crippen LogP contribution >= 0.6 is 0 Å². The summed E-state index contributed by atoms with van der Waals surface area (Å²) in [7, 11) is 5.52. The molecule has 2 aromatic heterocycles. The fraction of sp³-hybridized carbons (Fsp3) is 0.214. The lowest BCUT2D eigenvalue weighted by molar-refractivity contribution is 0.421. The molecule has 0 spiro atoms. The molecule has 0 saturated carbocycles. The van der Waals surface area contributed by atoms with Crippen LogP contribution in [0.2, 0.25) is 0 Å². The van der Waals surface area contributed by atoms with Crippen molar-refractivity contribution in [1.29, 1.82) is 0 Å². The molecule has 3 rings (SSSR count). The zero-order valence-electron chi connectivity index (χ0n) is 11.2. The van der Waals surface area contributed by atoms with Crippen molar-refractivity contribution >= 4 is 16.7 Å². The first kappa shape index (κ1) is 11.6. The molecule has 0 bridgehead atoms. The molecule has 3 aromatic rings. The molecule has 0 atom stereocenters. The Morgan fingerprint density at radius 2 is 1.95 bits per heavy atom. The average molecular weight is 256 g/mol. The highest BCUT2D eigenvalue weighted by Gasteiger charge is 2.16. The van der Waals surface area contributed by atoms with E-state index >= 15 is 0 Å². The second kappa shape index (κ2) is 4.05. The van der Waals surface area contributed by atoms with Crippen molar-refractivity contribution in [2.45, 2.75) is 0 Å². The Kier molecular flexibility index (Phi) is 2.48. The van der Waals surface area contributed by atoms with Crippen molar-refractivity contribution in [3.63, 3.8) is 0 Å². The molecule has 0 unspecified atom stereocenters. The summed E-state index contributed by atoms with van der Waals surface area (Å²) in [5, 5.41) is 5.26. The number of benzene rings is 1. The van der Waals surface area contributed by atoms with Crippen molar-refractivity contribution < 1.29 is 4.74 Å². The van der Waals surface area contributed by atoms with Crippen LogP contribution in [0.5, 0.6) is 5.75 Å². The van der Waals surface area contributed by atoms with Crippen molar-refractivity contribution in [2.24, 2.45) is 14.1 Å². The van der Waals surface area contributed by atoms with E-state index in [4.69, 9.17) is 10.5 Å². The highest BCUT2D eigenvalue weighted by molar-refractivity contribution is 5.95. The minimum Gasteiger partial charge on any atom is -0.495 e. The van der Waals surface area contributed by atoms with Crippen LogP contribution in [0.25, 0.3) is 22.0 Å². The van der Waals surface area contributed by atoms with Gasteiger partial charge in [-0.25, -0.2) is 0 Å². The van der Waals surface area contributed by atoms with Gasteiger partial charge in [-0.15, -0.1) is 0 Å². The van der Waals surface area contributed by atoms with E-state index < -0.39 is 0 Å². The molecule has 5 nitrogen and oxygen atoms in total. The molecule has 0 saturated heterocycles. The Morgan fingerprint density at radius 3 is 2.58 bits per heavy atom. The Labute approximate surface area is 111 Å². The predicted octanol–water partition coefficient (Wildman–Crippen LogP) is 2.17. The van der Waals surface area contributed by atoms with E-state index in [1.54, 1.807) is 18.0 Å². The summed E-state index contributed by atoms with van der Waals surface area (Å²) in [5.41, 5.74) is 9.03. The first-order valence-corrected chi connectivity index (χ1v) is 6.03. The Bertz CT molecular complexity index is 754. The van der Waals surface area contributed by atoms with Crippen LogP contribution in [0.4, 0.5) is 5.82 Å². The standard InChI is InChI=1S/C14H16N4O/c1-17-7-6-10-12(17)5-4-9(13(10)19-3)11-8-16-18(2)14(11)15/h4-8H,15H2,1-3H3. The summed E-state index contributed by atoms with van der Waals surface area (Å²) < 4.78 is 9.31. The van der Waals surface area contributed by atoms with Gasteiger partial charge in [0.25, 0.3) is 0 Å². The highest BCUT2D eigenvalue weighted by Crippen LogP contribution is 2.38. The zero-order valence-corrected chi connectivity index (χ0v) is 11.2. The maximum Gasteiger partial charge on any atom is 0.136 e. The summed E-state index contributed by atoms with van der Waals surface area (Å²) in [5.74, 6) is 1.46. The van der Waals surface area contributed by atoms with Gasteiger partial charge in [0.05, 0.1) is 18.8 Å². The fourth-order valence-corrected chi connectivity index (χ4v) is 2.41. The second-order valence-corrected chi connectivity index (χ2v) is 4.57. The second-order valence-electron chi connectivity index (χ2n) is 4.57. The number of fused-ring (bicyclic) bond motifs is 1. The van der Waals surface area contributed by atoms with E-state index in [9.17, 15) is 0 Å². The third kappa shape index (κ3) is 1.58. The van der Waals surface area contributed by atoms with Crippen LogP contribution in [-0.2, 0) is 14.1 Å². The molecular weight excluding hydrogens is 240 g/mol. The molecule has 0 aliphatic heterocycles. The molecule has 98 valence electrons. The van der Waals surface area contributed by atoms with Crippen molar-refractivity contribution in [3.05, 3.63) is 30.6 Å². The van der Waals surface area contributed by atoms with Crippen LogP contribution in [0.15, 0.2) is 30.6 Å². The van der Waals surface area contributed by atoms with Gasteiger partial charge >= 0.3 is 0 Å². The summed E-state index contributed by atoms with van der Waals surface area (Å²) in [6.45, 7) is 0. The van der Waals surface area contributed by atoms with Gasteiger partial charge in [-0.05, 0) is 18.2 Å². The van der Waals surface area contributed by atoms with E-state index in [1.807, 2.05) is 32.4 Å². The summed E-state index contributed by atoms with van der Waals surface area (Å²) in [4.78, 5) is 0. The molecule has 5 heteroatoms. The summed E-state index contributed by atoms with van der Waals surface area (Å²) >= 11 is 0. The predicted molar refractivity (Wildman–Crippen MR) is 76.1 cm³/mol. The summed E-state index contributed by atoms with van der Waals surface area (Å²) in [6.07, 6.45) is 3.78. The molecule has 0 aliphatic carbocycles. The average Bonchev–Trinajstić information content (AvgIpc) is 2.94. The lowest BCUT2D eigenvalue weighted by Gasteiger charge is -2.10. The van der Waals surface area contributed by atoms with Gasteiger partial charge in [-0.3, -0.25) is 4.68 Å². The van der Waals surface area contributed by atoms with Gasteiger partial charge in [-0.1, -0.05) is 0 Å². The van der Waals surface area contributed by atoms with Crippen LogP contribution < -0.4 is 10.5 Å². The molecule has 2 heterocycles. The number of aromatic nitrogens is 3. The third-order valence-corrected chi connectivity index (χ3v) is 3.50. The smallest absolute Gasteiger partial charge is 0.136 e. The maximum atomic E-state index is 6.05. The highest BCUT2D eigenvalue weighted by atomic mass is 16.5. The SMILES string of the molecule is COc1c(-c2cnn(C)c2N)ccc2c1ccn2C. The molecule has 0 radical (unpaired) electrons. The first-order valence-electron chi connectivity index (χ1n) is 6.03. The van der Waals surface area contributed by atoms with Gasteiger partial charge in [0, 0.05) is 36.8 Å². The Hall–Kier alpha value is -2.43. The minimum absolute atomic E-state index is 0.633. The number of hydrogen-bond acceptors (Lipinski definition) is 3. The molecule has 1 aromatic carbocycles. The van der Waals surface area contributed by atoms with Crippen LogP contribution in [0.1, 0.15) is 0 Å². The van der Waals surface area contributed by atoms with Gasteiger partial charge in [-0.2, -0.15) is 5.10 Å². The van der Waals surface area contributed by atoms with Crippen molar-refractivity contribution in [1.82, 2.24) is 14.3 Å². The van der Waals surface area contributed by atoms with Gasteiger partial charge < -0.3 is 15.0 Å². The number of rotatable bonds is 2. The Morgan fingerprint density at radius 1 is 1.16 bits per heavy atom. The Balaban J connectivity index is 2.32. The van der Waals surface area contributed by atoms with Gasteiger partial charge in [0.2, 0.25) is 0 Å². The molecule has 0 fully saturated rings. The van der Waals surface area contributed by atoms with E-state index in [0.29, 0.717) is 5.82 Å². The van der Waals surface area contributed by atoms with Gasteiger partial charge in [0.1, 0.15) is 11.6 Å². The first-order chi connectivity index (χ1) is 9.13. The van der Waals surface area contributed by atoms with Crippen molar-refractivity contribution in [3.8, 4) is 16.9 Å². The summed E-state index contributed by atoms with van der Waals surface area (Å²) in [6, 6.07) is 6.14. The number of nitrogens with zero attached hydrogens (tertiary/aromatic N) is 3. The van der Waals surface area contributed by atoms with Crippen molar-refractivity contribution in [2.75, 3.05) is 12.8 Å². The molecule has 0 amide bonds. The van der Waals surface area contributed by atoms with Gasteiger partial charge in [0.15, 0.2) is 0 Å². The number of nitrogens with two attached hydrogens (primary N) is 1. The monoisotopic (exact) mass is 256 g/mol. The molecule has 19 heavy (non-hydrogen) atoms. The third-order valence-electron chi connectivity index (χ3n) is 3.50. The zero-order chi connectivity index (χ0) is 13.6. The number of ether oxygens (including phenoxy) is 1. The lowest BCUT2D eigenvalue weighted by atomic mass is 10.0. The molecular formula is C14H16N4O. The van der Waals surface area contributed by atoms with E-state index in [-0.39, 0.29) is 0 Å². The normalized spacial score (nSPS) is 11.1. The molecule has 2 N–H and O–H groups in total. The number of hydrogen-bond donors (Lipinski definition) is 1. The van der Waals surface area contributed by atoms with E-state index in [1.165, 1.54) is 0 Å². The number of anilines is 1. The topological polar surface area (TPSA) is 58.0 Å². The van der Waals surface area contributed by atoms with Crippen LogP contribution in [0, 0.1) is 0 Å². The largest absolute Gasteiger partial charge is 0.495 e. The number of nitrogen functional groups attached to an aromatic ring is 1. The van der Waals surface area contributed by atoms with E-state index in [0.717, 1.165) is 27.8 Å². The number of methoxy groups -OCH3 is 1. The number of aryl methyl sites for hydroxylation is 2. The minimum atomic E-state index is 0.633. The van der Waals surface area contributed by atoms with Crippen LogP contribution in [0.3, 0.4) is 0 Å². The molecule has 0 aliphatic rings.